The van der Waals surface area contributed by atoms with Gasteiger partial charge in [0.25, 0.3) is 0 Å². The Kier molecular flexibility index (Phi) is 5.56. The average molecular weight is 336 g/mol. The summed E-state index contributed by atoms with van der Waals surface area (Å²) in [5, 5.41) is 2.89. The number of hydrogen-bond acceptors (Lipinski definition) is 6. The van der Waals surface area contributed by atoms with E-state index in [2.05, 4.69) is 10.0 Å². The maximum atomic E-state index is 11.7. The third kappa shape index (κ3) is 4.56. The van der Waals surface area contributed by atoms with Crippen molar-refractivity contribution in [1.82, 2.24) is 9.03 Å². The molecule has 4 N–H and O–H groups in total. The second-order valence-electron chi connectivity index (χ2n) is 4.49. The zero-order valence-electron chi connectivity index (χ0n) is 12.1. The predicted octanol–water partition coefficient (Wildman–Crippen LogP) is -0.520. The number of nitrogens with zero attached hydrogens (tertiary/aromatic N) is 1. The van der Waals surface area contributed by atoms with Crippen molar-refractivity contribution in [3.8, 4) is 0 Å². The molecule has 0 aliphatic carbocycles. The Balaban J connectivity index is 2.78. The number of hydrogen-bond donors (Lipinski definition) is 3. The molecule has 0 amide bonds. The molecule has 0 radical (unpaired) electrons. The molecule has 0 atom stereocenters. The first-order chi connectivity index (χ1) is 9.60. The van der Waals surface area contributed by atoms with Gasteiger partial charge in [-0.2, -0.15) is 0 Å². The molecule has 0 saturated heterocycles. The molecular formula is C11H20N4O4S2. The summed E-state index contributed by atoms with van der Waals surface area (Å²) in [5.41, 5.74) is 6.34. The third-order valence-electron chi connectivity index (χ3n) is 2.81. The Morgan fingerprint density at radius 1 is 1.19 bits per heavy atom. The maximum absolute atomic E-state index is 11.7. The van der Waals surface area contributed by atoms with Crippen LogP contribution in [0.25, 0.3) is 0 Å². The van der Waals surface area contributed by atoms with Crippen LogP contribution in [0.3, 0.4) is 0 Å². The van der Waals surface area contributed by atoms with Gasteiger partial charge in [-0.3, -0.25) is 0 Å². The van der Waals surface area contributed by atoms with Gasteiger partial charge in [0.05, 0.1) is 11.4 Å². The largest absolute Gasteiger partial charge is 0.398 e. The molecule has 1 aromatic carbocycles. The lowest BCUT2D eigenvalue weighted by atomic mass is 10.3. The zero-order valence-corrected chi connectivity index (χ0v) is 13.8. The first kappa shape index (κ1) is 17.7. The van der Waals surface area contributed by atoms with Crippen molar-refractivity contribution in [3.63, 3.8) is 0 Å². The lowest BCUT2D eigenvalue weighted by molar-refractivity contribution is 0.521. The molecule has 0 aromatic heterocycles. The van der Waals surface area contributed by atoms with Crippen LogP contribution >= 0.6 is 0 Å². The number of nitrogens with one attached hydrogen (secondary N) is 2. The Morgan fingerprint density at radius 3 is 2.29 bits per heavy atom. The standard InChI is InChI=1S/C11H20N4O4S2/c1-13-21(18,19)11-5-4-9(8-10(11)12)14-6-7-20(16,17)15(2)3/h4-5,8,13-14H,6-7,12H2,1-3H3. The molecule has 1 rings (SSSR count). The molecule has 0 aliphatic heterocycles. The van der Waals surface area contributed by atoms with Gasteiger partial charge in [-0.1, -0.05) is 0 Å². The molecule has 0 spiro atoms. The highest BCUT2D eigenvalue weighted by Gasteiger charge is 2.16. The monoisotopic (exact) mass is 336 g/mol. The number of nitrogen functional groups attached to an aromatic ring is 1. The minimum atomic E-state index is -3.61. The van der Waals surface area contributed by atoms with Crippen LogP contribution in [0.5, 0.6) is 0 Å². The predicted molar refractivity (Wildman–Crippen MR) is 83.1 cm³/mol. The van der Waals surface area contributed by atoms with E-state index in [9.17, 15) is 16.8 Å². The molecule has 0 aliphatic rings. The molecule has 0 saturated carbocycles. The first-order valence-corrected chi connectivity index (χ1v) is 9.16. The highest BCUT2D eigenvalue weighted by molar-refractivity contribution is 7.89. The van der Waals surface area contributed by atoms with Crippen LogP contribution in [-0.2, 0) is 20.0 Å². The summed E-state index contributed by atoms with van der Waals surface area (Å²) in [6.45, 7) is 0.193. The topological polar surface area (TPSA) is 122 Å². The normalized spacial score (nSPS) is 12.6. The summed E-state index contributed by atoms with van der Waals surface area (Å²) in [5.74, 6) is -0.0729. The Labute approximate surface area is 125 Å². The van der Waals surface area contributed by atoms with Gasteiger partial charge >= 0.3 is 0 Å². The number of benzene rings is 1. The maximum Gasteiger partial charge on any atom is 0.242 e. The van der Waals surface area contributed by atoms with E-state index >= 15 is 0 Å². The molecule has 1 aromatic rings. The van der Waals surface area contributed by atoms with Crippen LogP contribution in [-0.4, -0.2) is 54.6 Å². The first-order valence-electron chi connectivity index (χ1n) is 6.07. The van der Waals surface area contributed by atoms with E-state index in [1.165, 1.54) is 39.3 Å². The van der Waals surface area contributed by atoms with E-state index in [4.69, 9.17) is 5.73 Å². The van der Waals surface area contributed by atoms with Crippen LogP contribution in [0, 0.1) is 0 Å². The number of sulfonamides is 2. The summed E-state index contributed by atoms with van der Waals surface area (Å²) in [6.07, 6.45) is 0. The molecule has 120 valence electrons. The summed E-state index contributed by atoms with van der Waals surface area (Å²) in [4.78, 5) is -0.0172. The Bertz CT molecular complexity index is 699. The highest BCUT2D eigenvalue weighted by atomic mass is 32.2. The summed E-state index contributed by atoms with van der Waals surface area (Å²) < 4.78 is 49.8. The fourth-order valence-corrected chi connectivity index (χ4v) is 3.08. The molecule has 0 bridgehead atoms. The lowest BCUT2D eigenvalue weighted by Crippen LogP contribution is -2.28. The average Bonchev–Trinajstić information content (AvgIpc) is 2.38. The lowest BCUT2D eigenvalue weighted by Gasteiger charge is -2.13. The van der Waals surface area contributed by atoms with E-state index < -0.39 is 20.0 Å². The second kappa shape index (κ2) is 6.60. The summed E-state index contributed by atoms with van der Waals surface area (Å²) >= 11 is 0. The molecule has 0 unspecified atom stereocenters. The zero-order chi connectivity index (χ0) is 16.3. The Morgan fingerprint density at radius 2 is 1.81 bits per heavy atom. The number of rotatable bonds is 7. The molecule has 21 heavy (non-hydrogen) atoms. The summed E-state index contributed by atoms with van der Waals surface area (Å²) in [7, 11) is -2.66. The van der Waals surface area contributed by atoms with Crippen molar-refractivity contribution in [2.24, 2.45) is 0 Å². The van der Waals surface area contributed by atoms with Crippen molar-refractivity contribution in [3.05, 3.63) is 18.2 Å². The second-order valence-corrected chi connectivity index (χ2v) is 8.64. The molecule has 0 heterocycles. The fourth-order valence-electron chi connectivity index (χ4n) is 1.52. The van der Waals surface area contributed by atoms with Gasteiger partial charge in [-0.15, -0.1) is 0 Å². The van der Waals surface area contributed by atoms with Gasteiger partial charge in [-0.05, 0) is 25.2 Å². The minimum absolute atomic E-state index is 0.0172. The van der Waals surface area contributed by atoms with Gasteiger partial charge in [0.2, 0.25) is 20.0 Å². The van der Waals surface area contributed by atoms with Crippen molar-refractivity contribution in [2.45, 2.75) is 4.90 Å². The van der Waals surface area contributed by atoms with Crippen molar-refractivity contribution >= 4 is 31.4 Å². The molecule has 10 heteroatoms. The van der Waals surface area contributed by atoms with Crippen molar-refractivity contribution in [2.75, 3.05) is 44.5 Å². The highest BCUT2D eigenvalue weighted by Crippen LogP contribution is 2.22. The smallest absolute Gasteiger partial charge is 0.242 e. The van der Waals surface area contributed by atoms with E-state index in [-0.39, 0.29) is 22.9 Å². The minimum Gasteiger partial charge on any atom is -0.398 e. The molecule has 0 fully saturated rings. The van der Waals surface area contributed by atoms with E-state index in [0.29, 0.717) is 5.69 Å². The molecule has 8 nitrogen and oxygen atoms in total. The van der Waals surface area contributed by atoms with Crippen molar-refractivity contribution < 1.29 is 16.8 Å². The van der Waals surface area contributed by atoms with Crippen LogP contribution in [0.15, 0.2) is 23.1 Å². The number of nitrogens with two attached hydrogens (primary N) is 1. The quantitative estimate of drug-likeness (QED) is 0.576. The van der Waals surface area contributed by atoms with E-state index in [1.54, 1.807) is 0 Å². The van der Waals surface area contributed by atoms with Crippen molar-refractivity contribution in [1.29, 1.82) is 0 Å². The van der Waals surface area contributed by atoms with Gasteiger partial charge in [-0.25, -0.2) is 25.9 Å². The van der Waals surface area contributed by atoms with Gasteiger partial charge in [0, 0.05) is 26.3 Å². The van der Waals surface area contributed by atoms with E-state index in [1.807, 2.05) is 0 Å². The van der Waals surface area contributed by atoms with Crippen LogP contribution < -0.4 is 15.8 Å². The fraction of sp³-hybridized carbons (Fsp3) is 0.455. The molecular weight excluding hydrogens is 316 g/mol. The van der Waals surface area contributed by atoms with E-state index in [0.717, 1.165) is 4.31 Å². The van der Waals surface area contributed by atoms with Crippen LogP contribution in [0.4, 0.5) is 11.4 Å². The Hall–Kier alpha value is -1.36. The number of anilines is 2. The van der Waals surface area contributed by atoms with Gasteiger partial charge in [0.15, 0.2) is 0 Å². The van der Waals surface area contributed by atoms with Gasteiger partial charge in [0.1, 0.15) is 4.90 Å². The summed E-state index contributed by atoms with van der Waals surface area (Å²) in [6, 6.07) is 4.35. The third-order valence-corrected chi connectivity index (χ3v) is 6.13. The van der Waals surface area contributed by atoms with Crippen LogP contribution in [0.1, 0.15) is 0 Å². The van der Waals surface area contributed by atoms with Crippen LogP contribution in [0.2, 0.25) is 0 Å². The SMILES string of the molecule is CNS(=O)(=O)c1ccc(NCCS(=O)(=O)N(C)C)cc1N. The van der Waals surface area contributed by atoms with Gasteiger partial charge < -0.3 is 11.1 Å².